The van der Waals surface area contributed by atoms with Crippen LogP contribution >= 0.6 is 11.6 Å². The van der Waals surface area contributed by atoms with Gasteiger partial charge in [-0.15, -0.1) is 0 Å². The Hall–Kier alpha value is -2.28. The molecule has 1 aliphatic heterocycles. The maximum Gasteiger partial charge on any atom is 0.253 e. The largest absolute Gasteiger partial charge is 0.495 e. The normalized spacial score (nSPS) is 17.7. The van der Waals surface area contributed by atoms with Gasteiger partial charge in [0, 0.05) is 19.2 Å². The van der Waals surface area contributed by atoms with Crippen molar-refractivity contribution in [3.8, 4) is 5.75 Å². The summed E-state index contributed by atoms with van der Waals surface area (Å²) in [4.78, 5) is 35.1. The summed E-state index contributed by atoms with van der Waals surface area (Å²) in [5.74, 6) is -1.86. The second-order valence-corrected chi connectivity index (χ2v) is 4.93. The van der Waals surface area contributed by atoms with Crippen molar-refractivity contribution in [2.75, 3.05) is 19.5 Å². The van der Waals surface area contributed by atoms with Crippen LogP contribution in [0, 0.1) is 5.92 Å². The Balaban J connectivity index is 2.00. The number of carbonyl (C=O) groups is 3. The van der Waals surface area contributed by atoms with Crippen molar-refractivity contribution in [3.05, 3.63) is 23.2 Å². The van der Waals surface area contributed by atoms with Crippen molar-refractivity contribution < 1.29 is 19.1 Å². The lowest BCUT2D eigenvalue weighted by atomic mass is 10.0. The molecule has 0 saturated carbocycles. The summed E-state index contributed by atoms with van der Waals surface area (Å²) in [5.41, 5.74) is 2.80. The minimum absolute atomic E-state index is 0.224. The van der Waals surface area contributed by atoms with Gasteiger partial charge in [0.15, 0.2) is 0 Å². The number of nitrogens with zero attached hydrogens (tertiary/aromatic N) is 1. The van der Waals surface area contributed by atoms with Crippen molar-refractivity contribution in [1.29, 1.82) is 0 Å². The van der Waals surface area contributed by atoms with E-state index in [9.17, 15) is 14.4 Å². The molecule has 1 saturated heterocycles. The molecule has 1 fully saturated rings. The zero-order valence-corrected chi connectivity index (χ0v) is 12.2. The molecule has 112 valence electrons. The fourth-order valence-electron chi connectivity index (χ4n) is 1.97. The summed E-state index contributed by atoms with van der Waals surface area (Å²) in [6.07, 6.45) is -0.224. The molecule has 1 heterocycles. The summed E-state index contributed by atoms with van der Waals surface area (Å²) in [6.45, 7) is 0. The molecular formula is C13H14ClN3O4. The van der Waals surface area contributed by atoms with E-state index in [-0.39, 0.29) is 6.42 Å². The van der Waals surface area contributed by atoms with Gasteiger partial charge < -0.3 is 10.1 Å². The topological polar surface area (TPSA) is 87.7 Å². The average Bonchev–Trinajstić information content (AvgIpc) is 2.65. The van der Waals surface area contributed by atoms with Crippen LogP contribution in [0.4, 0.5) is 5.69 Å². The van der Waals surface area contributed by atoms with Crippen molar-refractivity contribution in [2.45, 2.75) is 6.42 Å². The van der Waals surface area contributed by atoms with Crippen LogP contribution in [0.25, 0.3) is 0 Å². The molecule has 7 nitrogen and oxygen atoms in total. The van der Waals surface area contributed by atoms with Gasteiger partial charge in [0.05, 0.1) is 12.1 Å². The molecule has 21 heavy (non-hydrogen) atoms. The Morgan fingerprint density at radius 2 is 2.19 bits per heavy atom. The van der Waals surface area contributed by atoms with Crippen LogP contribution < -0.4 is 15.5 Å². The standard InChI is InChI=1S/C13H14ClN3O4/c1-17-13(20)8(12(19)16-17)6-11(18)15-7-3-4-10(21-2)9(14)5-7/h3-5,8H,6H2,1-2H3,(H,15,18)(H,16,19). The van der Waals surface area contributed by atoms with E-state index >= 15 is 0 Å². The number of hydrazine groups is 1. The smallest absolute Gasteiger partial charge is 0.253 e. The maximum absolute atomic E-state index is 11.9. The van der Waals surface area contributed by atoms with Gasteiger partial charge in [0.25, 0.3) is 11.8 Å². The predicted octanol–water partition coefficient (Wildman–Crippen LogP) is 0.797. The highest BCUT2D eigenvalue weighted by Gasteiger charge is 2.38. The number of carbonyl (C=O) groups excluding carboxylic acids is 3. The number of methoxy groups -OCH3 is 1. The van der Waals surface area contributed by atoms with Gasteiger partial charge in [-0.1, -0.05) is 11.6 Å². The summed E-state index contributed by atoms with van der Waals surface area (Å²) >= 11 is 5.95. The zero-order valence-electron chi connectivity index (χ0n) is 11.5. The summed E-state index contributed by atoms with van der Waals surface area (Å²) in [6, 6.07) is 4.76. The third-order valence-electron chi connectivity index (χ3n) is 3.05. The van der Waals surface area contributed by atoms with Crippen molar-refractivity contribution >= 4 is 35.0 Å². The lowest BCUT2D eigenvalue weighted by molar-refractivity contribution is -0.134. The van der Waals surface area contributed by atoms with E-state index in [2.05, 4.69) is 10.7 Å². The van der Waals surface area contributed by atoms with E-state index in [1.54, 1.807) is 12.1 Å². The van der Waals surface area contributed by atoms with Crippen LogP contribution in [-0.4, -0.2) is 36.9 Å². The molecule has 1 aromatic rings. The van der Waals surface area contributed by atoms with Crippen LogP contribution in [0.3, 0.4) is 0 Å². The highest BCUT2D eigenvalue weighted by molar-refractivity contribution is 6.32. The molecule has 0 spiro atoms. The fraction of sp³-hybridized carbons (Fsp3) is 0.308. The Morgan fingerprint density at radius 1 is 1.48 bits per heavy atom. The van der Waals surface area contributed by atoms with Crippen LogP contribution in [0.1, 0.15) is 6.42 Å². The van der Waals surface area contributed by atoms with Crippen LogP contribution in [0.2, 0.25) is 5.02 Å². The van der Waals surface area contributed by atoms with Crippen LogP contribution in [0.15, 0.2) is 18.2 Å². The first-order chi connectivity index (χ1) is 9.92. The van der Waals surface area contributed by atoms with E-state index in [4.69, 9.17) is 16.3 Å². The molecular weight excluding hydrogens is 298 g/mol. The van der Waals surface area contributed by atoms with Crippen molar-refractivity contribution in [3.63, 3.8) is 0 Å². The minimum Gasteiger partial charge on any atom is -0.495 e. The number of hydrogen-bond acceptors (Lipinski definition) is 4. The third kappa shape index (κ3) is 3.25. The molecule has 3 amide bonds. The Kier molecular flexibility index (Phi) is 4.32. The lowest BCUT2D eigenvalue weighted by Crippen LogP contribution is -2.31. The van der Waals surface area contributed by atoms with Gasteiger partial charge in [-0.3, -0.25) is 24.8 Å². The minimum atomic E-state index is -0.997. The molecule has 1 aromatic carbocycles. The number of hydrogen-bond donors (Lipinski definition) is 2. The summed E-state index contributed by atoms with van der Waals surface area (Å²) < 4.78 is 5.00. The quantitative estimate of drug-likeness (QED) is 0.805. The Labute approximate surface area is 126 Å². The molecule has 0 bridgehead atoms. The summed E-state index contributed by atoms with van der Waals surface area (Å²) in [5, 5.41) is 4.01. The molecule has 2 N–H and O–H groups in total. The SMILES string of the molecule is COc1ccc(NC(=O)CC2C(=O)NN(C)C2=O)cc1Cl. The number of anilines is 1. The second-order valence-electron chi connectivity index (χ2n) is 4.53. The van der Waals surface area contributed by atoms with Crippen LogP contribution in [-0.2, 0) is 14.4 Å². The van der Waals surface area contributed by atoms with E-state index in [0.717, 1.165) is 5.01 Å². The number of ether oxygens (including phenoxy) is 1. The number of rotatable bonds is 4. The van der Waals surface area contributed by atoms with Gasteiger partial charge in [0.1, 0.15) is 11.7 Å². The molecule has 1 aliphatic rings. The molecule has 1 atom stereocenters. The second kappa shape index (κ2) is 6.01. The molecule has 2 rings (SSSR count). The fourth-order valence-corrected chi connectivity index (χ4v) is 2.22. The Morgan fingerprint density at radius 3 is 2.71 bits per heavy atom. The van der Waals surface area contributed by atoms with Gasteiger partial charge in [-0.2, -0.15) is 0 Å². The summed E-state index contributed by atoms with van der Waals surface area (Å²) in [7, 11) is 2.92. The molecule has 0 aliphatic carbocycles. The van der Waals surface area contributed by atoms with Gasteiger partial charge in [-0.25, -0.2) is 0 Å². The highest BCUT2D eigenvalue weighted by Crippen LogP contribution is 2.27. The number of benzene rings is 1. The van der Waals surface area contributed by atoms with Crippen LogP contribution in [0.5, 0.6) is 5.75 Å². The first kappa shape index (κ1) is 15.1. The van der Waals surface area contributed by atoms with E-state index in [1.165, 1.54) is 20.2 Å². The molecule has 8 heteroatoms. The third-order valence-corrected chi connectivity index (χ3v) is 3.34. The first-order valence-corrected chi connectivity index (χ1v) is 6.51. The van der Waals surface area contributed by atoms with Crippen molar-refractivity contribution in [2.24, 2.45) is 5.92 Å². The predicted molar refractivity (Wildman–Crippen MR) is 75.7 cm³/mol. The number of amides is 3. The van der Waals surface area contributed by atoms with Gasteiger partial charge >= 0.3 is 0 Å². The molecule has 0 radical (unpaired) electrons. The number of nitrogens with one attached hydrogen (secondary N) is 2. The number of halogens is 1. The maximum atomic E-state index is 11.9. The average molecular weight is 312 g/mol. The Bertz CT molecular complexity index is 605. The van der Waals surface area contributed by atoms with E-state index in [0.29, 0.717) is 16.5 Å². The lowest BCUT2D eigenvalue weighted by Gasteiger charge is -2.09. The zero-order chi connectivity index (χ0) is 15.6. The molecule has 1 unspecified atom stereocenters. The van der Waals surface area contributed by atoms with E-state index < -0.39 is 23.6 Å². The van der Waals surface area contributed by atoms with Gasteiger partial charge in [-0.05, 0) is 18.2 Å². The highest BCUT2D eigenvalue weighted by atomic mass is 35.5. The first-order valence-electron chi connectivity index (χ1n) is 6.14. The van der Waals surface area contributed by atoms with E-state index in [1.807, 2.05) is 0 Å². The van der Waals surface area contributed by atoms with Crippen molar-refractivity contribution in [1.82, 2.24) is 10.4 Å². The molecule has 0 aromatic heterocycles. The monoisotopic (exact) mass is 311 g/mol. The van der Waals surface area contributed by atoms with Gasteiger partial charge in [0.2, 0.25) is 5.91 Å².